The van der Waals surface area contributed by atoms with E-state index in [1.165, 1.54) is 29.4 Å². The molecule has 1 aliphatic heterocycles. The molecule has 1 aromatic heterocycles. The first-order valence-electron chi connectivity index (χ1n) is 8.15. The minimum Gasteiger partial charge on any atom is -0.320 e. The third-order valence-electron chi connectivity index (χ3n) is 4.07. The molecule has 2 heterocycles. The van der Waals surface area contributed by atoms with E-state index in [-0.39, 0.29) is 5.69 Å². The van der Waals surface area contributed by atoms with Crippen LogP contribution in [0.3, 0.4) is 0 Å². The lowest BCUT2D eigenvalue weighted by molar-refractivity contribution is -0.117. The zero-order valence-electron chi connectivity index (χ0n) is 14.0. The van der Waals surface area contributed by atoms with Gasteiger partial charge in [0, 0.05) is 23.5 Å². The number of hydrogen-bond donors (Lipinski definition) is 2. The van der Waals surface area contributed by atoms with Crippen LogP contribution in [-0.2, 0) is 4.79 Å². The van der Waals surface area contributed by atoms with Crippen molar-refractivity contribution < 1.29 is 14.0 Å². The maximum Gasteiger partial charge on any atom is 0.328 e. The maximum absolute atomic E-state index is 14.4. The Hall–Kier alpha value is -3.81. The molecule has 134 valence electrons. The Kier molecular flexibility index (Phi) is 4.21. The first kappa shape index (κ1) is 16.6. The lowest BCUT2D eigenvalue weighted by atomic mass is 10.0. The highest BCUT2D eigenvalue weighted by Gasteiger charge is 2.28. The van der Waals surface area contributed by atoms with Crippen molar-refractivity contribution in [3.63, 3.8) is 0 Å². The van der Waals surface area contributed by atoms with Gasteiger partial charge in [0.2, 0.25) is 6.17 Å². The fraction of sp³-hybridized carbons (Fsp3) is 0.0526. The molecule has 8 heteroatoms. The summed E-state index contributed by atoms with van der Waals surface area (Å²) in [6.45, 7) is 0. The van der Waals surface area contributed by atoms with E-state index in [9.17, 15) is 14.0 Å². The molecule has 0 bridgehead atoms. The predicted molar refractivity (Wildman–Crippen MR) is 97.1 cm³/mol. The number of rotatable bonds is 2. The largest absolute Gasteiger partial charge is 0.328 e. The molecule has 2 N–H and O–H groups in total. The second-order valence-corrected chi connectivity index (χ2v) is 5.82. The van der Waals surface area contributed by atoms with Crippen molar-refractivity contribution in [2.45, 2.75) is 6.17 Å². The van der Waals surface area contributed by atoms with Crippen molar-refractivity contribution in [3.8, 4) is 0 Å². The van der Waals surface area contributed by atoms with E-state index in [1.807, 2.05) is 18.2 Å². The number of carbonyl (C=O) groups excluding carboxylic acids is 2. The van der Waals surface area contributed by atoms with Crippen LogP contribution >= 0.6 is 0 Å². The molecular weight excluding hydrogens is 349 g/mol. The number of aromatic nitrogens is 2. The van der Waals surface area contributed by atoms with Crippen LogP contribution in [0.25, 0.3) is 0 Å². The van der Waals surface area contributed by atoms with Gasteiger partial charge in [0.05, 0.1) is 11.4 Å². The van der Waals surface area contributed by atoms with Gasteiger partial charge in [-0.2, -0.15) is 0 Å². The van der Waals surface area contributed by atoms with Gasteiger partial charge in [-0.1, -0.05) is 42.5 Å². The Balaban J connectivity index is 1.79. The second-order valence-electron chi connectivity index (χ2n) is 5.82. The predicted octanol–water partition coefficient (Wildman–Crippen LogP) is 2.40. The van der Waals surface area contributed by atoms with Crippen LogP contribution in [0.15, 0.2) is 72.2 Å². The molecule has 3 aromatic rings. The molecule has 1 unspecified atom stereocenters. The Labute approximate surface area is 153 Å². The van der Waals surface area contributed by atoms with E-state index < -0.39 is 23.9 Å². The Morgan fingerprint density at radius 2 is 1.96 bits per heavy atom. The first-order chi connectivity index (χ1) is 13.1. The summed E-state index contributed by atoms with van der Waals surface area (Å²) in [5.41, 5.74) is 1.57. The molecule has 27 heavy (non-hydrogen) atoms. The van der Waals surface area contributed by atoms with Crippen molar-refractivity contribution >= 4 is 23.3 Å². The SMILES string of the molecule is O=C1Nc2c(F)cccc2C(c2ccccc2)=NC1NC(=O)n1ccnc1. The molecule has 1 aliphatic rings. The third-order valence-corrected chi connectivity index (χ3v) is 4.07. The van der Waals surface area contributed by atoms with Crippen LogP contribution in [0, 0.1) is 5.82 Å². The molecule has 0 radical (unpaired) electrons. The number of imidazole rings is 1. The number of hydrogen-bond acceptors (Lipinski definition) is 4. The van der Waals surface area contributed by atoms with Gasteiger partial charge in [-0.3, -0.25) is 9.36 Å². The van der Waals surface area contributed by atoms with Gasteiger partial charge in [0.25, 0.3) is 5.91 Å². The van der Waals surface area contributed by atoms with Crippen LogP contribution in [0.5, 0.6) is 0 Å². The normalized spacial score (nSPS) is 16.0. The number of halogens is 1. The summed E-state index contributed by atoms with van der Waals surface area (Å²) in [6, 6.07) is 13.0. The van der Waals surface area contributed by atoms with E-state index in [0.29, 0.717) is 16.8 Å². The number of aliphatic imine (C=N–C) groups is 1. The van der Waals surface area contributed by atoms with E-state index in [1.54, 1.807) is 24.3 Å². The molecule has 0 aliphatic carbocycles. The summed E-state index contributed by atoms with van der Waals surface area (Å²) in [4.78, 5) is 33.1. The third kappa shape index (κ3) is 3.20. The van der Waals surface area contributed by atoms with Crippen molar-refractivity contribution in [2.75, 3.05) is 5.32 Å². The molecule has 1 atom stereocenters. The number of para-hydroxylation sites is 1. The summed E-state index contributed by atoms with van der Waals surface area (Å²) < 4.78 is 15.5. The van der Waals surface area contributed by atoms with Crippen molar-refractivity contribution in [3.05, 3.63) is 84.2 Å². The standard InChI is InChI=1S/C19H14FN5O2/c20-14-8-4-7-13-15(12-5-2-1-3-6-12)22-17(18(26)23-16(13)14)24-19(27)25-10-9-21-11-25/h1-11,17H,(H,23,26)(H,24,27). The van der Waals surface area contributed by atoms with Gasteiger partial charge < -0.3 is 10.6 Å². The maximum atomic E-state index is 14.4. The highest BCUT2D eigenvalue weighted by atomic mass is 19.1. The van der Waals surface area contributed by atoms with E-state index >= 15 is 0 Å². The quantitative estimate of drug-likeness (QED) is 0.733. The van der Waals surface area contributed by atoms with Crippen molar-refractivity contribution in [2.24, 2.45) is 4.99 Å². The van der Waals surface area contributed by atoms with E-state index in [2.05, 4.69) is 20.6 Å². The second kappa shape index (κ2) is 6.83. The topological polar surface area (TPSA) is 88.4 Å². The molecule has 0 fully saturated rings. The van der Waals surface area contributed by atoms with Gasteiger partial charge in [-0.25, -0.2) is 19.2 Å². The molecule has 0 spiro atoms. The van der Waals surface area contributed by atoms with E-state index in [0.717, 1.165) is 0 Å². The van der Waals surface area contributed by atoms with Crippen LogP contribution in [-0.4, -0.2) is 33.4 Å². The average molecular weight is 363 g/mol. The summed E-state index contributed by atoms with van der Waals surface area (Å²) >= 11 is 0. The van der Waals surface area contributed by atoms with E-state index in [4.69, 9.17) is 0 Å². The Morgan fingerprint density at radius 1 is 1.15 bits per heavy atom. The number of benzodiazepines with no additional fused rings is 1. The van der Waals surface area contributed by atoms with Crippen molar-refractivity contribution in [1.82, 2.24) is 14.9 Å². The first-order valence-corrected chi connectivity index (χ1v) is 8.15. The zero-order valence-corrected chi connectivity index (χ0v) is 14.0. The summed E-state index contributed by atoms with van der Waals surface area (Å²) in [6.07, 6.45) is 2.96. The highest BCUT2D eigenvalue weighted by molar-refractivity contribution is 6.19. The number of amides is 2. The molecule has 2 aromatic carbocycles. The van der Waals surface area contributed by atoms with Gasteiger partial charge in [0.15, 0.2) is 0 Å². The molecule has 7 nitrogen and oxygen atoms in total. The number of nitrogens with zero attached hydrogens (tertiary/aromatic N) is 3. The zero-order chi connectivity index (χ0) is 18.8. The van der Waals surface area contributed by atoms with Crippen LogP contribution in [0.2, 0.25) is 0 Å². The number of anilines is 1. The number of carbonyl (C=O) groups is 2. The molecule has 0 saturated heterocycles. The van der Waals surface area contributed by atoms with Gasteiger partial charge in [-0.15, -0.1) is 0 Å². The fourth-order valence-corrected chi connectivity index (χ4v) is 2.79. The lowest BCUT2D eigenvalue weighted by Crippen LogP contribution is -2.43. The molecule has 4 rings (SSSR count). The summed E-state index contributed by atoms with van der Waals surface area (Å²) in [7, 11) is 0. The number of benzene rings is 2. The van der Waals surface area contributed by atoms with Crippen LogP contribution in [0.1, 0.15) is 11.1 Å². The van der Waals surface area contributed by atoms with Crippen LogP contribution < -0.4 is 10.6 Å². The van der Waals surface area contributed by atoms with Crippen molar-refractivity contribution in [1.29, 1.82) is 0 Å². The average Bonchev–Trinajstić information content (AvgIpc) is 3.18. The Morgan fingerprint density at radius 3 is 2.70 bits per heavy atom. The molecule has 2 amide bonds. The highest BCUT2D eigenvalue weighted by Crippen LogP contribution is 2.26. The number of nitrogens with one attached hydrogen (secondary N) is 2. The Bertz CT molecular complexity index is 1030. The number of fused-ring (bicyclic) bond motifs is 1. The monoisotopic (exact) mass is 363 g/mol. The minimum atomic E-state index is -1.23. The summed E-state index contributed by atoms with van der Waals surface area (Å²) in [5.74, 6) is -1.22. The fourth-order valence-electron chi connectivity index (χ4n) is 2.79. The van der Waals surface area contributed by atoms with Gasteiger partial charge in [-0.05, 0) is 6.07 Å². The molecular formula is C19H14FN5O2. The lowest BCUT2D eigenvalue weighted by Gasteiger charge is -2.13. The van der Waals surface area contributed by atoms with Crippen LogP contribution in [0.4, 0.5) is 14.9 Å². The molecule has 0 saturated carbocycles. The smallest absolute Gasteiger partial charge is 0.320 e. The van der Waals surface area contributed by atoms with Gasteiger partial charge >= 0.3 is 6.03 Å². The summed E-state index contributed by atoms with van der Waals surface area (Å²) in [5, 5.41) is 5.05. The van der Waals surface area contributed by atoms with Gasteiger partial charge in [0.1, 0.15) is 12.1 Å². The minimum absolute atomic E-state index is 0.0319.